The number of nitrogens with zero attached hydrogens (tertiary/aromatic N) is 1. The van der Waals surface area contributed by atoms with E-state index in [9.17, 15) is 30.9 Å². The van der Waals surface area contributed by atoms with Gasteiger partial charge in [-0.15, -0.1) is 0 Å². The Bertz CT molecular complexity index is 508. The van der Waals surface area contributed by atoms with Gasteiger partial charge in [0.15, 0.2) is 0 Å². The molecule has 1 aliphatic heterocycles. The van der Waals surface area contributed by atoms with Crippen molar-refractivity contribution < 1.29 is 40.0 Å². The lowest BCUT2D eigenvalue weighted by Crippen LogP contribution is -2.68. The van der Waals surface area contributed by atoms with Crippen molar-refractivity contribution in [2.75, 3.05) is 13.2 Å². The fourth-order valence-corrected chi connectivity index (χ4v) is 5.58. The summed E-state index contributed by atoms with van der Waals surface area (Å²) in [5.41, 5.74) is -4.28. The van der Waals surface area contributed by atoms with Gasteiger partial charge in [0, 0.05) is 12.0 Å². The second-order valence-electron chi connectivity index (χ2n) is 5.21. The molecule has 1 fully saturated rings. The van der Waals surface area contributed by atoms with Gasteiger partial charge < -0.3 is 0 Å². The first-order valence-electron chi connectivity index (χ1n) is 6.96. The lowest BCUT2D eigenvalue weighted by atomic mass is 9.84. The number of halogens is 6. The Morgan fingerprint density at radius 1 is 1.09 bits per heavy atom. The van der Waals surface area contributed by atoms with Crippen molar-refractivity contribution in [3.8, 4) is 0 Å². The Kier molecular flexibility index (Phi) is 4.69. The second kappa shape index (κ2) is 5.75. The molecule has 0 radical (unpaired) electrons. The summed E-state index contributed by atoms with van der Waals surface area (Å²) < 4.78 is 104. The minimum absolute atomic E-state index is 0.127. The molecule has 1 saturated heterocycles. The first-order chi connectivity index (χ1) is 10.5. The zero-order valence-electron chi connectivity index (χ0n) is 12.3. The van der Waals surface area contributed by atoms with Crippen molar-refractivity contribution in [3.63, 3.8) is 0 Å². The average Bonchev–Trinajstić information content (AvgIpc) is 2.95. The summed E-state index contributed by atoms with van der Waals surface area (Å²) in [5, 5.41) is 0. The molecule has 0 aromatic heterocycles. The van der Waals surface area contributed by atoms with Crippen LogP contribution in [0.2, 0.25) is 0 Å². The normalized spacial score (nSPS) is 27.8. The van der Waals surface area contributed by atoms with E-state index in [-0.39, 0.29) is 17.9 Å². The fourth-order valence-electron chi connectivity index (χ4n) is 3.31. The standard InChI is InChI=1S/C12H16F6NO3P/c1-3-21-23(20,22-4-2)19-9-6-5-8(7-9)10(19,11(13,14)15)12(16,17)18/h5-6,8-9H,3-4,7H2,1-2H3. The molecule has 134 valence electrons. The quantitative estimate of drug-likeness (QED) is 0.413. The van der Waals surface area contributed by atoms with E-state index in [0.717, 1.165) is 6.08 Å². The van der Waals surface area contributed by atoms with E-state index < -0.39 is 44.0 Å². The third kappa shape index (κ3) is 2.54. The van der Waals surface area contributed by atoms with Crippen LogP contribution in [-0.4, -0.2) is 41.8 Å². The van der Waals surface area contributed by atoms with E-state index in [4.69, 9.17) is 9.05 Å². The Balaban J connectivity index is 2.68. The van der Waals surface area contributed by atoms with Crippen molar-refractivity contribution in [1.82, 2.24) is 4.67 Å². The van der Waals surface area contributed by atoms with Crippen LogP contribution in [0, 0.1) is 5.92 Å². The van der Waals surface area contributed by atoms with Gasteiger partial charge in [-0.2, -0.15) is 31.0 Å². The van der Waals surface area contributed by atoms with Crippen molar-refractivity contribution in [2.24, 2.45) is 5.92 Å². The predicted molar refractivity (Wildman–Crippen MR) is 68.6 cm³/mol. The van der Waals surface area contributed by atoms with Crippen LogP contribution in [0.15, 0.2) is 12.2 Å². The number of hydrogen-bond acceptors (Lipinski definition) is 3. The maximum atomic E-state index is 13.6. The molecule has 0 N–H and O–H groups in total. The molecule has 11 heteroatoms. The zero-order valence-corrected chi connectivity index (χ0v) is 13.2. The highest BCUT2D eigenvalue weighted by molar-refractivity contribution is 7.51. The largest absolute Gasteiger partial charge is 0.416 e. The average molecular weight is 367 g/mol. The highest BCUT2D eigenvalue weighted by Crippen LogP contribution is 2.70. The van der Waals surface area contributed by atoms with E-state index in [2.05, 4.69) is 0 Å². The summed E-state index contributed by atoms with van der Waals surface area (Å²) in [6.45, 7) is 1.94. The minimum Gasteiger partial charge on any atom is -0.297 e. The van der Waals surface area contributed by atoms with Crippen LogP contribution in [0.1, 0.15) is 20.3 Å². The van der Waals surface area contributed by atoms with Crippen LogP contribution in [0.5, 0.6) is 0 Å². The molecule has 0 aromatic carbocycles. The van der Waals surface area contributed by atoms with Gasteiger partial charge in [0.05, 0.1) is 13.2 Å². The van der Waals surface area contributed by atoms with E-state index in [1.54, 1.807) is 0 Å². The molecule has 2 rings (SSSR count). The van der Waals surface area contributed by atoms with Crippen molar-refractivity contribution in [1.29, 1.82) is 0 Å². The van der Waals surface area contributed by atoms with E-state index in [1.165, 1.54) is 19.9 Å². The molecule has 0 saturated carbocycles. The van der Waals surface area contributed by atoms with E-state index in [0.29, 0.717) is 0 Å². The lowest BCUT2D eigenvalue weighted by molar-refractivity contribution is -0.334. The molecule has 2 unspecified atom stereocenters. The Morgan fingerprint density at radius 2 is 1.57 bits per heavy atom. The maximum Gasteiger partial charge on any atom is 0.416 e. The third-order valence-electron chi connectivity index (χ3n) is 3.99. The van der Waals surface area contributed by atoms with Crippen LogP contribution in [0.4, 0.5) is 26.3 Å². The van der Waals surface area contributed by atoms with Gasteiger partial charge in [-0.05, 0) is 20.3 Å². The molecule has 2 atom stereocenters. The molecular weight excluding hydrogens is 351 g/mol. The van der Waals surface area contributed by atoms with Gasteiger partial charge in [-0.3, -0.25) is 9.05 Å². The molecule has 0 aromatic rings. The highest BCUT2D eigenvalue weighted by atomic mass is 31.2. The van der Waals surface area contributed by atoms with Gasteiger partial charge in [0.25, 0.3) is 0 Å². The van der Waals surface area contributed by atoms with Crippen LogP contribution in [0.25, 0.3) is 0 Å². The lowest BCUT2D eigenvalue weighted by Gasteiger charge is -2.47. The van der Waals surface area contributed by atoms with Crippen LogP contribution in [0.3, 0.4) is 0 Å². The SMILES string of the molecule is CCOP(=O)(OCC)N1C2C=CC(C2)C1(C(F)(F)F)C(F)(F)F. The topological polar surface area (TPSA) is 38.8 Å². The number of alkyl halides is 6. The van der Waals surface area contributed by atoms with Gasteiger partial charge in [-0.1, -0.05) is 12.2 Å². The van der Waals surface area contributed by atoms with Crippen molar-refractivity contribution in [3.05, 3.63) is 12.2 Å². The summed E-state index contributed by atoms with van der Waals surface area (Å²) in [7, 11) is -4.78. The Labute approximate surface area is 129 Å². The van der Waals surface area contributed by atoms with Gasteiger partial charge in [0.1, 0.15) is 0 Å². The number of rotatable bonds is 5. The summed E-state index contributed by atoms with van der Waals surface area (Å²) in [6, 6.07) is -1.31. The van der Waals surface area contributed by atoms with E-state index in [1.807, 2.05) is 0 Å². The molecular formula is C12H16F6NO3P. The van der Waals surface area contributed by atoms with Crippen LogP contribution >= 0.6 is 7.75 Å². The summed E-state index contributed by atoms with van der Waals surface area (Å²) in [6.07, 6.45) is -9.77. The smallest absolute Gasteiger partial charge is 0.297 e. The fraction of sp³-hybridized carbons (Fsp3) is 0.833. The summed E-state index contributed by atoms with van der Waals surface area (Å²) in [5.74, 6) is -1.89. The van der Waals surface area contributed by atoms with E-state index >= 15 is 0 Å². The second-order valence-corrected chi connectivity index (χ2v) is 7.09. The molecule has 4 nitrogen and oxygen atoms in total. The minimum atomic E-state index is -5.70. The van der Waals surface area contributed by atoms with Crippen LogP contribution < -0.4 is 0 Å². The molecule has 0 spiro atoms. The molecule has 1 aliphatic carbocycles. The van der Waals surface area contributed by atoms with Gasteiger partial charge in [-0.25, -0.2) is 4.57 Å². The van der Waals surface area contributed by atoms with Crippen LogP contribution in [-0.2, 0) is 13.6 Å². The number of fused-ring (bicyclic) bond motifs is 2. The summed E-state index contributed by atoms with van der Waals surface area (Å²) in [4.78, 5) is 0. The van der Waals surface area contributed by atoms with Crippen molar-refractivity contribution >= 4 is 7.75 Å². The van der Waals surface area contributed by atoms with Gasteiger partial charge >= 0.3 is 20.1 Å². The summed E-state index contributed by atoms with van der Waals surface area (Å²) >= 11 is 0. The monoisotopic (exact) mass is 367 g/mol. The predicted octanol–water partition coefficient (Wildman–Crippen LogP) is 4.29. The molecule has 2 aliphatic rings. The van der Waals surface area contributed by atoms with Crippen molar-refractivity contribution in [2.45, 2.75) is 44.2 Å². The van der Waals surface area contributed by atoms with Gasteiger partial charge in [0.2, 0.25) is 5.54 Å². The Morgan fingerprint density at radius 3 is 1.96 bits per heavy atom. The first kappa shape index (κ1) is 18.8. The maximum absolute atomic E-state index is 13.6. The highest BCUT2D eigenvalue weighted by Gasteiger charge is 2.83. The molecule has 2 bridgehead atoms. The first-order valence-corrected chi connectivity index (χ1v) is 8.46. The molecule has 23 heavy (non-hydrogen) atoms. The number of hydrogen-bond donors (Lipinski definition) is 0. The Hall–Kier alpha value is -0.570. The molecule has 0 amide bonds. The zero-order chi connectivity index (χ0) is 17.7. The molecule has 1 heterocycles. The third-order valence-corrected chi connectivity index (χ3v) is 6.29.